The molecule has 0 spiro atoms. The lowest BCUT2D eigenvalue weighted by molar-refractivity contribution is 0.242. The maximum atomic E-state index is 5.77. The number of benzene rings is 1. The van der Waals surface area contributed by atoms with Gasteiger partial charge in [-0.25, -0.2) is 0 Å². The summed E-state index contributed by atoms with van der Waals surface area (Å²) in [7, 11) is 2.13. The van der Waals surface area contributed by atoms with Crippen molar-refractivity contribution in [2.75, 3.05) is 13.6 Å². The zero-order valence-electron chi connectivity index (χ0n) is 11.8. The molecule has 1 aliphatic rings. The predicted molar refractivity (Wildman–Crippen MR) is 75.9 cm³/mol. The second kappa shape index (κ2) is 5.47. The molecule has 0 aliphatic carbocycles. The number of allylic oxidation sites excluding steroid dienone is 1. The Morgan fingerprint density at radius 2 is 2.11 bits per heavy atom. The summed E-state index contributed by atoms with van der Waals surface area (Å²) in [6, 6.07) is 8.50. The van der Waals surface area contributed by atoms with Crippen LogP contribution in [-0.4, -0.2) is 24.6 Å². The summed E-state index contributed by atoms with van der Waals surface area (Å²) in [6.07, 6.45) is 4.70. The van der Waals surface area contributed by atoms with Crippen molar-refractivity contribution in [1.29, 1.82) is 0 Å². The Hall–Kier alpha value is -1.44. The lowest BCUT2D eigenvalue weighted by Crippen LogP contribution is -2.27. The smallest absolute Gasteiger partial charge is 0.119 e. The first-order chi connectivity index (χ1) is 8.56. The third-order valence-electron chi connectivity index (χ3n) is 3.35. The number of hydrogen-bond donors (Lipinski definition) is 0. The van der Waals surface area contributed by atoms with E-state index in [1.807, 2.05) is 6.07 Å². The van der Waals surface area contributed by atoms with Gasteiger partial charge in [-0.3, -0.25) is 0 Å². The fourth-order valence-electron chi connectivity index (χ4n) is 2.57. The van der Waals surface area contributed by atoms with Gasteiger partial charge in [-0.15, -0.1) is 0 Å². The average molecular weight is 245 g/mol. The zero-order chi connectivity index (χ0) is 13.1. The molecule has 0 aromatic heterocycles. The molecule has 2 atom stereocenters. The second-order valence-corrected chi connectivity index (χ2v) is 5.52. The SMILES string of the molecule is CC(C)Oc1cccc(C2C=CN(C)CC2C)c1. The van der Waals surface area contributed by atoms with E-state index in [1.165, 1.54) is 5.56 Å². The fourth-order valence-corrected chi connectivity index (χ4v) is 2.57. The van der Waals surface area contributed by atoms with Gasteiger partial charge in [0.2, 0.25) is 0 Å². The zero-order valence-corrected chi connectivity index (χ0v) is 11.8. The maximum absolute atomic E-state index is 5.77. The van der Waals surface area contributed by atoms with Crippen LogP contribution in [0.3, 0.4) is 0 Å². The van der Waals surface area contributed by atoms with Gasteiger partial charge in [0, 0.05) is 19.5 Å². The van der Waals surface area contributed by atoms with E-state index in [4.69, 9.17) is 4.74 Å². The van der Waals surface area contributed by atoms with E-state index in [0.717, 1.165) is 12.3 Å². The lowest BCUT2D eigenvalue weighted by Gasteiger charge is -2.31. The minimum Gasteiger partial charge on any atom is -0.491 e. The molecule has 2 nitrogen and oxygen atoms in total. The van der Waals surface area contributed by atoms with Gasteiger partial charge in [-0.05, 0) is 43.7 Å². The summed E-state index contributed by atoms with van der Waals surface area (Å²) in [5, 5.41) is 0. The van der Waals surface area contributed by atoms with Gasteiger partial charge in [-0.2, -0.15) is 0 Å². The van der Waals surface area contributed by atoms with Crippen molar-refractivity contribution in [2.24, 2.45) is 5.92 Å². The molecule has 0 fully saturated rings. The molecule has 0 radical (unpaired) electrons. The van der Waals surface area contributed by atoms with Crippen LogP contribution < -0.4 is 4.74 Å². The molecule has 0 saturated carbocycles. The third kappa shape index (κ3) is 3.06. The van der Waals surface area contributed by atoms with Gasteiger partial charge in [0.1, 0.15) is 5.75 Å². The van der Waals surface area contributed by atoms with Crippen molar-refractivity contribution in [3.63, 3.8) is 0 Å². The van der Waals surface area contributed by atoms with E-state index in [2.05, 4.69) is 63.2 Å². The molecule has 18 heavy (non-hydrogen) atoms. The molecule has 1 heterocycles. The minimum atomic E-state index is 0.228. The fraction of sp³-hybridized carbons (Fsp3) is 0.500. The first-order valence-corrected chi connectivity index (χ1v) is 6.71. The van der Waals surface area contributed by atoms with Crippen LogP contribution in [0.15, 0.2) is 36.5 Å². The van der Waals surface area contributed by atoms with Crippen LogP contribution >= 0.6 is 0 Å². The molecule has 0 bridgehead atoms. The highest BCUT2D eigenvalue weighted by molar-refractivity contribution is 5.34. The van der Waals surface area contributed by atoms with Crippen LogP contribution in [0.1, 0.15) is 32.3 Å². The highest BCUT2D eigenvalue weighted by Crippen LogP contribution is 2.31. The van der Waals surface area contributed by atoms with E-state index in [9.17, 15) is 0 Å². The molecule has 2 heteroatoms. The monoisotopic (exact) mass is 245 g/mol. The summed E-state index contributed by atoms with van der Waals surface area (Å²) in [5.74, 6) is 2.10. The Balaban J connectivity index is 2.20. The van der Waals surface area contributed by atoms with Crippen LogP contribution in [0, 0.1) is 5.92 Å². The molecular weight excluding hydrogens is 222 g/mol. The molecule has 1 aliphatic heterocycles. The maximum Gasteiger partial charge on any atom is 0.119 e. The van der Waals surface area contributed by atoms with Gasteiger partial charge in [0.15, 0.2) is 0 Å². The Morgan fingerprint density at radius 1 is 1.33 bits per heavy atom. The average Bonchev–Trinajstić information content (AvgIpc) is 2.28. The van der Waals surface area contributed by atoms with Gasteiger partial charge in [-0.1, -0.05) is 25.1 Å². The van der Waals surface area contributed by atoms with Crippen molar-refractivity contribution in [3.8, 4) is 5.75 Å². The van der Waals surface area contributed by atoms with Crippen molar-refractivity contribution < 1.29 is 4.74 Å². The molecule has 2 rings (SSSR count). The van der Waals surface area contributed by atoms with E-state index in [1.54, 1.807) is 0 Å². The first-order valence-electron chi connectivity index (χ1n) is 6.71. The Labute approximate surface area is 110 Å². The van der Waals surface area contributed by atoms with Crippen LogP contribution in [-0.2, 0) is 0 Å². The van der Waals surface area contributed by atoms with Crippen molar-refractivity contribution in [1.82, 2.24) is 4.90 Å². The summed E-state index contributed by atoms with van der Waals surface area (Å²) in [4.78, 5) is 2.25. The van der Waals surface area contributed by atoms with Crippen molar-refractivity contribution in [3.05, 3.63) is 42.1 Å². The predicted octanol–water partition coefficient (Wildman–Crippen LogP) is 3.65. The molecule has 0 saturated heterocycles. The quantitative estimate of drug-likeness (QED) is 0.806. The second-order valence-electron chi connectivity index (χ2n) is 5.52. The van der Waals surface area contributed by atoms with E-state index >= 15 is 0 Å². The van der Waals surface area contributed by atoms with Gasteiger partial charge >= 0.3 is 0 Å². The van der Waals surface area contributed by atoms with E-state index in [-0.39, 0.29) is 6.10 Å². The van der Waals surface area contributed by atoms with Gasteiger partial charge in [0.25, 0.3) is 0 Å². The standard InChI is InChI=1S/C16H23NO/c1-12(2)18-15-7-5-6-14(10-15)16-8-9-17(4)11-13(16)3/h5-10,12-13,16H,11H2,1-4H3. The summed E-state index contributed by atoms with van der Waals surface area (Å²) in [5.41, 5.74) is 1.35. The summed E-state index contributed by atoms with van der Waals surface area (Å²) >= 11 is 0. The molecule has 0 N–H and O–H groups in total. The topological polar surface area (TPSA) is 12.5 Å². The largest absolute Gasteiger partial charge is 0.491 e. The highest BCUT2D eigenvalue weighted by Gasteiger charge is 2.21. The molecule has 0 amide bonds. The Kier molecular flexibility index (Phi) is 3.95. The first kappa shape index (κ1) is 13.0. The highest BCUT2D eigenvalue weighted by atomic mass is 16.5. The van der Waals surface area contributed by atoms with Crippen LogP contribution in [0.5, 0.6) is 5.75 Å². The number of hydrogen-bond acceptors (Lipinski definition) is 2. The molecule has 2 unspecified atom stereocenters. The lowest BCUT2D eigenvalue weighted by atomic mass is 9.85. The van der Waals surface area contributed by atoms with Crippen molar-refractivity contribution in [2.45, 2.75) is 32.8 Å². The van der Waals surface area contributed by atoms with E-state index in [0.29, 0.717) is 11.8 Å². The summed E-state index contributed by atoms with van der Waals surface area (Å²) in [6.45, 7) is 7.53. The summed E-state index contributed by atoms with van der Waals surface area (Å²) < 4.78 is 5.77. The Morgan fingerprint density at radius 3 is 2.78 bits per heavy atom. The van der Waals surface area contributed by atoms with Crippen molar-refractivity contribution >= 4 is 0 Å². The molecular formula is C16H23NO. The van der Waals surface area contributed by atoms with Gasteiger partial charge < -0.3 is 9.64 Å². The molecule has 1 aromatic carbocycles. The molecule has 98 valence electrons. The Bertz CT molecular complexity index is 425. The van der Waals surface area contributed by atoms with Crippen LogP contribution in [0.2, 0.25) is 0 Å². The minimum absolute atomic E-state index is 0.228. The normalized spacial score (nSPS) is 23.5. The van der Waals surface area contributed by atoms with Crippen LogP contribution in [0.25, 0.3) is 0 Å². The number of rotatable bonds is 3. The van der Waals surface area contributed by atoms with E-state index < -0.39 is 0 Å². The number of nitrogens with zero attached hydrogens (tertiary/aromatic N) is 1. The van der Waals surface area contributed by atoms with Gasteiger partial charge in [0.05, 0.1) is 6.10 Å². The molecule has 1 aromatic rings. The number of ether oxygens (including phenoxy) is 1. The van der Waals surface area contributed by atoms with Crippen LogP contribution in [0.4, 0.5) is 0 Å². The third-order valence-corrected chi connectivity index (χ3v) is 3.35.